The van der Waals surface area contributed by atoms with Crippen LogP contribution in [0.2, 0.25) is 0 Å². The normalized spacial score (nSPS) is 11.3. The number of hydrogen-bond acceptors (Lipinski definition) is 3. The molecule has 0 aliphatic carbocycles. The highest BCUT2D eigenvalue weighted by atomic mass is 16.3. The fourth-order valence-electron chi connectivity index (χ4n) is 2.34. The van der Waals surface area contributed by atoms with Crippen LogP contribution in [0.1, 0.15) is 32.3 Å². The second kappa shape index (κ2) is 8.49. The smallest absolute Gasteiger partial charge is 0.314 e. The van der Waals surface area contributed by atoms with E-state index in [1.165, 1.54) is 0 Å². The summed E-state index contributed by atoms with van der Waals surface area (Å²) in [6, 6.07) is 9.63. The van der Waals surface area contributed by atoms with E-state index in [0.29, 0.717) is 25.8 Å². The third-order valence-corrected chi connectivity index (χ3v) is 4.25. The molecule has 0 unspecified atom stereocenters. The van der Waals surface area contributed by atoms with Gasteiger partial charge in [-0.05, 0) is 37.0 Å². The molecule has 1 aromatic heterocycles. The van der Waals surface area contributed by atoms with E-state index in [1.807, 2.05) is 55.1 Å². The Morgan fingerprint density at radius 1 is 1.21 bits per heavy atom. The molecule has 0 radical (unpaired) electrons. The maximum absolute atomic E-state index is 11.8. The maximum atomic E-state index is 11.8. The Balaban J connectivity index is 1.74. The summed E-state index contributed by atoms with van der Waals surface area (Å²) in [4.78, 5) is 11.8. The molecule has 0 fully saturated rings. The minimum atomic E-state index is -0.825. The number of nitrogens with one attached hydrogen (secondary N) is 2. The standard InChI is InChI=1S/C18H26N4O2/c1-3-18(24,4-2)14-20-17(23)19-11-10-15-12-21-22(13-15)16-8-6-5-7-9-16/h5-9,12-13,24H,3-4,10-11,14H2,1-2H3,(H2,19,20,23). The van der Waals surface area contributed by atoms with E-state index in [-0.39, 0.29) is 12.6 Å². The number of amides is 2. The van der Waals surface area contributed by atoms with Crippen molar-refractivity contribution in [2.24, 2.45) is 0 Å². The number of para-hydroxylation sites is 1. The van der Waals surface area contributed by atoms with Gasteiger partial charge in [0, 0.05) is 19.3 Å². The van der Waals surface area contributed by atoms with Gasteiger partial charge in [-0.25, -0.2) is 9.48 Å². The number of hydrogen-bond donors (Lipinski definition) is 3. The molecule has 3 N–H and O–H groups in total. The minimum Gasteiger partial charge on any atom is -0.388 e. The van der Waals surface area contributed by atoms with E-state index in [0.717, 1.165) is 11.3 Å². The number of benzene rings is 1. The first-order valence-electron chi connectivity index (χ1n) is 8.39. The van der Waals surface area contributed by atoms with Crippen LogP contribution in [0.5, 0.6) is 0 Å². The third-order valence-electron chi connectivity index (χ3n) is 4.25. The van der Waals surface area contributed by atoms with Crippen LogP contribution in [0.25, 0.3) is 5.69 Å². The number of aromatic nitrogens is 2. The summed E-state index contributed by atoms with van der Waals surface area (Å²) >= 11 is 0. The number of rotatable bonds is 8. The summed E-state index contributed by atoms with van der Waals surface area (Å²) in [6.45, 7) is 4.60. The lowest BCUT2D eigenvalue weighted by molar-refractivity contribution is 0.0349. The monoisotopic (exact) mass is 330 g/mol. The Hall–Kier alpha value is -2.34. The molecular weight excluding hydrogens is 304 g/mol. The van der Waals surface area contributed by atoms with Crippen LogP contribution < -0.4 is 10.6 Å². The average Bonchev–Trinajstić information content (AvgIpc) is 3.09. The number of aliphatic hydroxyl groups is 1. The van der Waals surface area contributed by atoms with Crippen LogP contribution in [0.3, 0.4) is 0 Å². The molecule has 1 aromatic carbocycles. The van der Waals surface area contributed by atoms with Gasteiger partial charge < -0.3 is 15.7 Å². The zero-order valence-electron chi connectivity index (χ0n) is 14.3. The van der Waals surface area contributed by atoms with E-state index in [2.05, 4.69) is 15.7 Å². The van der Waals surface area contributed by atoms with Crippen LogP contribution in [0.15, 0.2) is 42.7 Å². The van der Waals surface area contributed by atoms with E-state index in [4.69, 9.17) is 0 Å². The Kier molecular flexibility index (Phi) is 6.37. The van der Waals surface area contributed by atoms with Crippen molar-refractivity contribution in [2.75, 3.05) is 13.1 Å². The second-order valence-electron chi connectivity index (χ2n) is 5.92. The Morgan fingerprint density at radius 3 is 2.58 bits per heavy atom. The third kappa shape index (κ3) is 5.09. The van der Waals surface area contributed by atoms with Crippen LogP contribution in [0, 0.1) is 0 Å². The molecule has 2 aromatic rings. The lowest BCUT2D eigenvalue weighted by Crippen LogP contribution is -2.46. The second-order valence-corrected chi connectivity index (χ2v) is 5.92. The lowest BCUT2D eigenvalue weighted by atomic mass is 9.98. The van der Waals surface area contributed by atoms with Gasteiger partial charge in [0.25, 0.3) is 0 Å². The molecule has 0 atom stereocenters. The first-order chi connectivity index (χ1) is 11.6. The minimum absolute atomic E-state index is 0.259. The summed E-state index contributed by atoms with van der Waals surface area (Å²) in [7, 11) is 0. The van der Waals surface area contributed by atoms with Gasteiger partial charge in [0.1, 0.15) is 0 Å². The van der Waals surface area contributed by atoms with Crippen LogP contribution in [-0.4, -0.2) is 39.6 Å². The highest BCUT2D eigenvalue weighted by Gasteiger charge is 2.22. The molecular formula is C18H26N4O2. The molecule has 0 saturated carbocycles. The summed E-state index contributed by atoms with van der Waals surface area (Å²) < 4.78 is 1.82. The van der Waals surface area contributed by atoms with E-state index < -0.39 is 5.60 Å². The fraction of sp³-hybridized carbons (Fsp3) is 0.444. The molecule has 2 rings (SSSR count). The van der Waals surface area contributed by atoms with Gasteiger partial charge in [-0.3, -0.25) is 0 Å². The van der Waals surface area contributed by atoms with Gasteiger partial charge in [-0.1, -0.05) is 32.0 Å². The Bertz CT molecular complexity index is 635. The number of urea groups is 1. The molecule has 24 heavy (non-hydrogen) atoms. The molecule has 0 saturated heterocycles. The predicted octanol–water partition coefficient (Wildman–Crippen LogP) is 2.27. The highest BCUT2D eigenvalue weighted by Crippen LogP contribution is 2.12. The van der Waals surface area contributed by atoms with E-state index >= 15 is 0 Å². The van der Waals surface area contributed by atoms with Gasteiger partial charge in [-0.2, -0.15) is 5.10 Å². The predicted molar refractivity (Wildman–Crippen MR) is 94.2 cm³/mol. The van der Waals surface area contributed by atoms with Crippen molar-refractivity contribution in [3.8, 4) is 5.69 Å². The topological polar surface area (TPSA) is 79.2 Å². The van der Waals surface area contributed by atoms with Gasteiger partial charge in [0.15, 0.2) is 0 Å². The van der Waals surface area contributed by atoms with Gasteiger partial charge in [-0.15, -0.1) is 0 Å². The van der Waals surface area contributed by atoms with E-state index in [9.17, 15) is 9.90 Å². The highest BCUT2D eigenvalue weighted by molar-refractivity contribution is 5.73. The lowest BCUT2D eigenvalue weighted by Gasteiger charge is -2.25. The van der Waals surface area contributed by atoms with Gasteiger partial charge >= 0.3 is 6.03 Å². The van der Waals surface area contributed by atoms with E-state index in [1.54, 1.807) is 6.20 Å². The largest absolute Gasteiger partial charge is 0.388 e. The number of carbonyl (C=O) groups excluding carboxylic acids is 1. The van der Waals surface area contributed by atoms with Crippen molar-refractivity contribution in [2.45, 2.75) is 38.7 Å². The molecule has 6 heteroatoms. The molecule has 2 amide bonds. The average molecular weight is 330 g/mol. The first kappa shape index (κ1) is 18.0. The molecule has 130 valence electrons. The zero-order chi connectivity index (χ0) is 17.4. The Morgan fingerprint density at radius 2 is 1.92 bits per heavy atom. The van der Waals surface area contributed by atoms with Crippen molar-refractivity contribution in [3.63, 3.8) is 0 Å². The summed E-state index contributed by atoms with van der Waals surface area (Å²) in [5.41, 5.74) is 1.24. The quantitative estimate of drug-likeness (QED) is 0.695. The van der Waals surface area contributed by atoms with Crippen molar-refractivity contribution < 1.29 is 9.90 Å². The molecule has 1 heterocycles. The van der Waals surface area contributed by atoms with Crippen LogP contribution in [0.4, 0.5) is 4.79 Å². The SMILES string of the molecule is CCC(O)(CC)CNC(=O)NCCc1cnn(-c2ccccc2)c1. The molecule has 0 aliphatic heterocycles. The molecule has 0 spiro atoms. The van der Waals surface area contributed by atoms with Crippen molar-refractivity contribution in [1.82, 2.24) is 20.4 Å². The summed E-state index contributed by atoms with van der Waals surface area (Å²) in [5, 5.41) is 20.0. The molecule has 6 nitrogen and oxygen atoms in total. The van der Waals surface area contributed by atoms with Gasteiger partial charge in [0.2, 0.25) is 0 Å². The van der Waals surface area contributed by atoms with Crippen molar-refractivity contribution in [3.05, 3.63) is 48.3 Å². The summed E-state index contributed by atoms with van der Waals surface area (Å²) in [6.07, 6.45) is 5.69. The maximum Gasteiger partial charge on any atom is 0.314 e. The van der Waals surface area contributed by atoms with Crippen molar-refractivity contribution >= 4 is 6.03 Å². The first-order valence-corrected chi connectivity index (χ1v) is 8.39. The molecule has 0 aliphatic rings. The van der Waals surface area contributed by atoms with Crippen molar-refractivity contribution in [1.29, 1.82) is 0 Å². The van der Waals surface area contributed by atoms with Crippen LogP contribution >= 0.6 is 0 Å². The zero-order valence-corrected chi connectivity index (χ0v) is 14.3. The fourth-order valence-corrected chi connectivity index (χ4v) is 2.34. The van der Waals surface area contributed by atoms with Gasteiger partial charge in [0.05, 0.1) is 17.5 Å². The number of nitrogens with zero attached hydrogens (tertiary/aromatic N) is 2. The number of carbonyl (C=O) groups is 1. The Labute approximate surface area is 142 Å². The van der Waals surface area contributed by atoms with Crippen LogP contribution in [-0.2, 0) is 6.42 Å². The summed E-state index contributed by atoms with van der Waals surface area (Å²) in [5.74, 6) is 0. The molecule has 0 bridgehead atoms.